The Morgan fingerprint density at radius 2 is 2.64 bits per heavy atom. The predicted molar refractivity (Wildman–Crippen MR) is 40.2 cm³/mol. The molecule has 0 N–H and O–H groups in total. The van der Waals surface area contributed by atoms with E-state index in [0.717, 1.165) is 0 Å². The van der Waals surface area contributed by atoms with E-state index >= 15 is 0 Å². The van der Waals surface area contributed by atoms with Crippen molar-refractivity contribution < 1.29 is 14.1 Å². The lowest BCUT2D eigenvalue weighted by molar-refractivity contribution is 0.0524. The van der Waals surface area contributed by atoms with E-state index in [2.05, 4.69) is 25.6 Å². The average molecular weight is 220 g/mol. The third kappa shape index (κ3) is 1.80. The van der Waals surface area contributed by atoms with Gasteiger partial charge in [0.1, 0.15) is 5.56 Å². The molecular formula is C6H6BrNO3. The molecule has 0 aromatic carbocycles. The van der Waals surface area contributed by atoms with Gasteiger partial charge in [-0.2, -0.15) is 0 Å². The quantitative estimate of drug-likeness (QED) is 0.710. The van der Waals surface area contributed by atoms with E-state index in [1.165, 1.54) is 6.20 Å². The van der Waals surface area contributed by atoms with Crippen LogP contribution in [0.2, 0.25) is 0 Å². The van der Waals surface area contributed by atoms with Gasteiger partial charge in [0.15, 0.2) is 0 Å². The van der Waals surface area contributed by atoms with Gasteiger partial charge in [-0.3, -0.25) is 0 Å². The molecule has 1 aromatic rings. The van der Waals surface area contributed by atoms with E-state index in [9.17, 15) is 4.79 Å². The van der Waals surface area contributed by atoms with Crippen LogP contribution in [0.15, 0.2) is 15.4 Å². The van der Waals surface area contributed by atoms with E-state index in [4.69, 9.17) is 4.74 Å². The summed E-state index contributed by atoms with van der Waals surface area (Å²) < 4.78 is 9.60. The van der Waals surface area contributed by atoms with Crippen molar-refractivity contribution in [1.82, 2.24) is 5.16 Å². The molecule has 11 heavy (non-hydrogen) atoms. The number of ether oxygens (including phenoxy) is 1. The summed E-state index contributed by atoms with van der Waals surface area (Å²) in [6, 6.07) is 0. The van der Waals surface area contributed by atoms with Gasteiger partial charge in [0, 0.05) is 0 Å². The molecule has 0 amide bonds. The zero-order chi connectivity index (χ0) is 8.27. The molecule has 0 radical (unpaired) electrons. The van der Waals surface area contributed by atoms with Gasteiger partial charge in [-0.25, -0.2) is 4.79 Å². The van der Waals surface area contributed by atoms with E-state index in [1.807, 2.05) is 0 Å². The van der Waals surface area contributed by atoms with Crippen LogP contribution >= 0.6 is 15.9 Å². The number of carbonyl (C=O) groups is 1. The first kappa shape index (κ1) is 8.26. The highest BCUT2D eigenvalue weighted by Crippen LogP contribution is 2.15. The van der Waals surface area contributed by atoms with Crippen molar-refractivity contribution in [1.29, 1.82) is 0 Å². The fraction of sp³-hybridized carbons (Fsp3) is 0.333. The molecule has 0 atom stereocenters. The summed E-state index contributed by atoms with van der Waals surface area (Å²) in [5.41, 5.74) is 0.312. The van der Waals surface area contributed by atoms with Crippen molar-refractivity contribution >= 4 is 21.9 Å². The molecule has 0 spiro atoms. The highest BCUT2D eigenvalue weighted by Gasteiger charge is 2.14. The van der Waals surface area contributed by atoms with Crippen LogP contribution in [0.5, 0.6) is 0 Å². The molecule has 1 rings (SSSR count). The van der Waals surface area contributed by atoms with Crippen LogP contribution in [0.4, 0.5) is 0 Å². The Labute approximate surface area is 71.6 Å². The SMILES string of the molecule is CCOC(=O)c1cnoc1Br. The van der Waals surface area contributed by atoms with E-state index in [-0.39, 0.29) is 0 Å². The highest BCUT2D eigenvalue weighted by molar-refractivity contribution is 9.10. The summed E-state index contributed by atoms with van der Waals surface area (Å²) in [6.07, 6.45) is 1.31. The fourth-order valence-corrected chi connectivity index (χ4v) is 0.915. The van der Waals surface area contributed by atoms with E-state index in [1.54, 1.807) is 6.92 Å². The largest absolute Gasteiger partial charge is 0.462 e. The van der Waals surface area contributed by atoms with Gasteiger partial charge in [0.05, 0.1) is 12.8 Å². The third-order valence-corrected chi connectivity index (χ3v) is 1.59. The number of esters is 1. The molecule has 0 saturated heterocycles. The monoisotopic (exact) mass is 219 g/mol. The maximum atomic E-state index is 11.0. The number of hydrogen-bond donors (Lipinski definition) is 0. The molecule has 0 bridgehead atoms. The minimum Gasteiger partial charge on any atom is -0.462 e. The van der Waals surface area contributed by atoms with Crippen molar-refractivity contribution in [2.75, 3.05) is 6.61 Å². The lowest BCUT2D eigenvalue weighted by Crippen LogP contribution is -2.03. The Kier molecular flexibility index (Phi) is 2.64. The number of rotatable bonds is 2. The third-order valence-electron chi connectivity index (χ3n) is 1.02. The van der Waals surface area contributed by atoms with Crippen LogP contribution < -0.4 is 0 Å². The van der Waals surface area contributed by atoms with E-state index < -0.39 is 5.97 Å². The Morgan fingerprint density at radius 3 is 3.09 bits per heavy atom. The summed E-state index contributed by atoms with van der Waals surface area (Å²) in [7, 11) is 0. The molecule has 0 aliphatic rings. The molecule has 0 saturated carbocycles. The molecule has 0 aliphatic carbocycles. The molecule has 0 fully saturated rings. The fourth-order valence-electron chi connectivity index (χ4n) is 0.567. The van der Waals surface area contributed by atoms with Gasteiger partial charge in [-0.1, -0.05) is 5.16 Å². The first-order valence-corrected chi connectivity index (χ1v) is 3.82. The Balaban J connectivity index is 2.76. The molecule has 60 valence electrons. The van der Waals surface area contributed by atoms with Crippen LogP contribution in [0.25, 0.3) is 0 Å². The van der Waals surface area contributed by atoms with Gasteiger partial charge in [-0.05, 0) is 22.9 Å². The molecule has 0 aliphatic heterocycles. The van der Waals surface area contributed by atoms with Crippen molar-refractivity contribution in [3.8, 4) is 0 Å². The second-order valence-electron chi connectivity index (χ2n) is 1.73. The minimum atomic E-state index is -0.430. The second kappa shape index (κ2) is 3.52. The maximum Gasteiger partial charge on any atom is 0.344 e. The lowest BCUT2D eigenvalue weighted by Gasteiger charge is -1.96. The Hall–Kier alpha value is -0.840. The first-order valence-electron chi connectivity index (χ1n) is 3.03. The number of nitrogens with zero attached hydrogens (tertiary/aromatic N) is 1. The molecular weight excluding hydrogens is 214 g/mol. The van der Waals surface area contributed by atoms with Gasteiger partial charge >= 0.3 is 5.97 Å². The summed E-state index contributed by atoms with van der Waals surface area (Å²) in [5, 5.41) is 3.40. The van der Waals surface area contributed by atoms with Crippen molar-refractivity contribution in [2.24, 2.45) is 0 Å². The molecule has 4 nitrogen and oxygen atoms in total. The topological polar surface area (TPSA) is 52.3 Å². The summed E-state index contributed by atoms with van der Waals surface area (Å²) in [4.78, 5) is 11.0. The number of aromatic nitrogens is 1. The van der Waals surface area contributed by atoms with Gasteiger partial charge in [0.25, 0.3) is 0 Å². The number of hydrogen-bond acceptors (Lipinski definition) is 4. The standard InChI is InChI=1S/C6H6BrNO3/c1-2-10-6(9)4-3-8-11-5(4)7/h3H,2H2,1H3. The molecule has 0 unspecified atom stereocenters. The van der Waals surface area contributed by atoms with Crippen LogP contribution in [0.3, 0.4) is 0 Å². The van der Waals surface area contributed by atoms with Crippen LogP contribution in [-0.4, -0.2) is 17.7 Å². The summed E-state index contributed by atoms with van der Waals surface area (Å²) in [6.45, 7) is 2.08. The summed E-state index contributed by atoms with van der Waals surface area (Å²) >= 11 is 3.01. The predicted octanol–water partition coefficient (Wildman–Crippen LogP) is 1.61. The molecule has 5 heteroatoms. The van der Waals surface area contributed by atoms with Gasteiger partial charge in [-0.15, -0.1) is 0 Å². The average Bonchev–Trinajstić information content (AvgIpc) is 2.36. The van der Waals surface area contributed by atoms with Crippen LogP contribution in [-0.2, 0) is 4.74 Å². The second-order valence-corrected chi connectivity index (χ2v) is 2.45. The Bertz CT molecular complexity index is 258. The van der Waals surface area contributed by atoms with Crippen molar-refractivity contribution in [3.63, 3.8) is 0 Å². The lowest BCUT2D eigenvalue weighted by atomic mass is 10.4. The van der Waals surface area contributed by atoms with Crippen molar-refractivity contribution in [2.45, 2.75) is 6.92 Å². The highest BCUT2D eigenvalue weighted by atomic mass is 79.9. The smallest absolute Gasteiger partial charge is 0.344 e. The van der Waals surface area contributed by atoms with Crippen LogP contribution in [0, 0.1) is 0 Å². The maximum absolute atomic E-state index is 11.0. The van der Waals surface area contributed by atoms with Crippen LogP contribution in [0.1, 0.15) is 17.3 Å². The Morgan fingerprint density at radius 1 is 1.91 bits per heavy atom. The van der Waals surface area contributed by atoms with E-state index in [0.29, 0.717) is 16.8 Å². The zero-order valence-corrected chi connectivity index (χ0v) is 7.42. The van der Waals surface area contributed by atoms with Crippen molar-refractivity contribution in [3.05, 3.63) is 16.4 Å². The number of carbonyl (C=O) groups excluding carboxylic acids is 1. The molecule has 1 aromatic heterocycles. The normalized spacial score (nSPS) is 9.64. The summed E-state index contributed by atoms with van der Waals surface area (Å²) in [5.74, 6) is -0.430. The van der Waals surface area contributed by atoms with Gasteiger partial charge < -0.3 is 9.26 Å². The zero-order valence-electron chi connectivity index (χ0n) is 5.83. The van der Waals surface area contributed by atoms with Gasteiger partial charge in [0.2, 0.25) is 4.67 Å². The number of halogens is 1. The molecule has 1 heterocycles. The minimum absolute atomic E-state index is 0.302. The first-order chi connectivity index (χ1) is 5.25.